The van der Waals surface area contributed by atoms with E-state index in [2.05, 4.69) is 12.1 Å². The van der Waals surface area contributed by atoms with Crippen molar-refractivity contribution in [1.29, 1.82) is 0 Å². The summed E-state index contributed by atoms with van der Waals surface area (Å²) in [4.78, 5) is 11.3. The third kappa shape index (κ3) is 2.59. The molecule has 0 radical (unpaired) electrons. The summed E-state index contributed by atoms with van der Waals surface area (Å²) >= 11 is 1.46. The van der Waals surface area contributed by atoms with Crippen molar-refractivity contribution in [2.75, 3.05) is 0 Å². The smallest absolute Gasteiger partial charge is 0.192 e. The van der Waals surface area contributed by atoms with E-state index in [1.165, 1.54) is 17.3 Å². The Labute approximate surface area is 82.5 Å². The zero-order valence-electron chi connectivity index (χ0n) is 7.40. The molecule has 0 N–H and O–H groups in total. The summed E-state index contributed by atoms with van der Waals surface area (Å²) in [7, 11) is 0. The van der Waals surface area contributed by atoms with E-state index in [-0.39, 0.29) is 0 Å². The van der Waals surface area contributed by atoms with Crippen LogP contribution in [0.25, 0.3) is 0 Å². The van der Waals surface area contributed by atoms with Crippen molar-refractivity contribution in [2.45, 2.75) is 18.6 Å². The molecule has 0 bridgehead atoms. The molecule has 0 aromatic heterocycles. The summed E-state index contributed by atoms with van der Waals surface area (Å²) in [5.41, 5.74) is 1.24. The highest BCUT2D eigenvalue weighted by atomic mass is 32.2. The summed E-state index contributed by atoms with van der Waals surface area (Å²) in [5.74, 6) is 1.21. The van der Waals surface area contributed by atoms with Gasteiger partial charge in [-0.15, -0.1) is 0 Å². The van der Waals surface area contributed by atoms with Gasteiger partial charge in [0.2, 0.25) is 0 Å². The summed E-state index contributed by atoms with van der Waals surface area (Å²) in [6.45, 7) is 0. The summed E-state index contributed by atoms with van der Waals surface area (Å²) in [5, 5.41) is 0.379. The van der Waals surface area contributed by atoms with E-state index in [1.807, 2.05) is 18.2 Å². The van der Waals surface area contributed by atoms with Gasteiger partial charge in [-0.2, -0.15) is 0 Å². The molecule has 68 valence electrons. The van der Waals surface area contributed by atoms with Crippen molar-refractivity contribution in [2.24, 2.45) is 5.92 Å². The minimum atomic E-state index is 0.379. The van der Waals surface area contributed by atoms with Crippen molar-refractivity contribution in [3.05, 3.63) is 35.9 Å². The van der Waals surface area contributed by atoms with Crippen LogP contribution in [0.4, 0.5) is 0 Å². The molecule has 0 aliphatic heterocycles. The Kier molecular flexibility index (Phi) is 2.69. The first-order valence-corrected chi connectivity index (χ1v) is 5.55. The van der Waals surface area contributed by atoms with Crippen LogP contribution in [0.5, 0.6) is 0 Å². The first-order valence-electron chi connectivity index (χ1n) is 4.57. The van der Waals surface area contributed by atoms with Crippen molar-refractivity contribution >= 4 is 16.9 Å². The topological polar surface area (TPSA) is 17.1 Å². The lowest BCUT2D eigenvalue weighted by molar-refractivity contribution is -0.112. The largest absolute Gasteiger partial charge is 0.287 e. The van der Waals surface area contributed by atoms with Crippen LogP contribution in [-0.2, 0) is 10.5 Å². The molecule has 2 rings (SSSR count). The van der Waals surface area contributed by atoms with Gasteiger partial charge in [0.25, 0.3) is 0 Å². The number of carbonyl (C=O) groups is 1. The highest BCUT2D eigenvalue weighted by Crippen LogP contribution is 2.34. The fourth-order valence-corrected chi connectivity index (χ4v) is 2.14. The number of thioether (sulfide) groups is 1. The van der Waals surface area contributed by atoms with Crippen molar-refractivity contribution in [3.63, 3.8) is 0 Å². The molecule has 0 unspecified atom stereocenters. The Morgan fingerprint density at radius 3 is 2.62 bits per heavy atom. The first kappa shape index (κ1) is 8.82. The second kappa shape index (κ2) is 3.97. The van der Waals surface area contributed by atoms with Gasteiger partial charge in [-0.3, -0.25) is 4.79 Å². The van der Waals surface area contributed by atoms with Crippen LogP contribution >= 0.6 is 11.8 Å². The van der Waals surface area contributed by atoms with Crippen LogP contribution < -0.4 is 0 Å². The molecule has 1 aromatic carbocycles. The molecule has 0 amide bonds. The molecule has 1 aromatic rings. The summed E-state index contributed by atoms with van der Waals surface area (Å²) in [6, 6.07) is 10.1. The Morgan fingerprint density at radius 1 is 1.31 bits per heavy atom. The molecule has 1 nitrogen and oxygen atoms in total. The van der Waals surface area contributed by atoms with E-state index in [0.717, 1.165) is 18.6 Å². The predicted octanol–water partition coefficient (Wildman–Crippen LogP) is 2.86. The lowest BCUT2D eigenvalue weighted by Gasteiger charge is -1.98. The number of benzene rings is 1. The van der Waals surface area contributed by atoms with Gasteiger partial charge in [-0.05, 0) is 18.4 Å². The molecule has 13 heavy (non-hydrogen) atoms. The van der Waals surface area contributed by atoms with E-state index >= 15 is 0 Å². The lowest BCUT2D eigenvalue weighted by atomic mass is 10.2. The van der Waals surface area contributed by atoms with Crippen LogP contribution in [0.1, 0.15) is 18.4 Å². The fourth-order valence-electron chi connectivity index (χ4n) is 1.17. The minimum absolute atomic E-state index is 0.379. The second-order valence-corrected chi connectivity index (χ2v) is 4.35. The molecule has 0 saturated heterocycles. The molecule has 0 heterocycles. The van der Waals surface area contributed by atoms with Crippen LogP contribution in [0.2, 0.25) is 0 Å². The quantitative estimate of drug-likeness (QED) is 0.732. The fraction of sp³-hybridized carbons (Fsp3) is 0.364. The highest BCUT2D eigenvalue weighted by molar-refractivity contribution is 8.13. The predicted molar refractivity (Wildman–Crippen MR) is 55.5 cm³/mol. The van der Waals surface area contributed by atoms with Gasteiger partial charge >= 0.3 is 0 Å². The lowest BCUT2D eigenvalue weighted by Crippen LogP contribution is -1.93. The van der Waals surface area contributed by atoms with Gasteiger partial charge in [0.05, 0.1) is 0 Å². The third-order valence-corrected chi connectivity index (χ3v) is 3.23. The Balaban J connectivity index is 1.82. The highest BCUT2D eigenvalue weighted by Gasteiger charge is 2.29. The maximum atomic E-state index is 11.3. The molecule has 2 heteroatoms. The van der Waals surface area contributed by atoms with Crippen molar-refractivity contribution in [3.8, 4) is 0 Å². The van der Waals surface area contributed by atoms with Gasteiger partial charge in [0.15, 0.2) is 5.12 Å². The number of carbonyl (C=O) groups excluding carboxylic acids is 1. The Morgan fingerprint density at radius 2 is 2.00 bits per heavy atom. The number of hydrogen-bond donors (Lipinski definition) is 0. The van der Waals surface area contributed by atoms with Crippen LogP contribution in [-0.4, -0.2) is 5.12 Å². The molecular formula is C11H12OS. The molecular weight excluding hydrogens is 180 g/mol. The van der Waals surface area contributed by atoms with Crippen LogP contribution in [0.15, 0.2) is 30.3 Å². The maximum absolute atomic E-state index is 11.3. The van der Waals surface area contributed by atoms with E-state index in [1.54, 1.807) is 0 Å². The van der Waals surface area contributed by atoms with E-state index in [4.69, 9.17) is 0 Å². The Bertz CT molecular complexity index is 290. The molecule has 1 aliphatic rings. The summed E-state index contributed by atoms with van der Waals surface area (Å²) < 4.78 is 0. The van der Waals surface area contributed by atoms with Gasteiger partial charge in [-0.1, -0.05) is 42.1 Å². The normalized spacial score (nSPS) is 15.7. The van der Waals surface area contributed by atoms with Gasteiger partial charge in [0.1, 0.15) is 0 Å². The average Bonchev–Trinajstić information content (AvgIpc) is 2.99. The van der Waals surface area contributed by atoms with E-state index in [9.17, 15) is 4.79 Å². The third-order valence-electron chi connectivity index (χ3n) is 2.13. The Hall–Kier alpha value is -0.760. The maximum Gasteiger partial charge on any atom is 0.192 e. The zero-order valence-corrected chi connectivity index (χ0v) is 8.22. The number of hydrogen-bond acceptors (Lipinski definition) is 2. The molecule has 0 atom stereocenters. The van der Waals surface area contributed by atoms with Gasteiger partial charge in [0, 0.05) is 11.7 Å². The minimum Gasteiger partial charge on any atom is -0.287 e. The first-order chi connectivity index (χ1) is 6.36. The van der Waals surface area contributed by atoms with Crippen molar-refractivity contribution < 1.29 is 4.79 Å². The van der Waals surface area contributed by atoms with E-state index < -0.39 is 0 Å². The molecule has 0 spiro atoms. The van der Waals surface area contributed by atoms with Crippen molar-refractivity contribution in [1.82, 2.24) is 0 Å². The SMILES string of the molecule is O=C(SCc1ccccc1)C1CC1. The van der Waals surface area contributed by atoms with Crippen LogP contribution in [0, 0.1) is 5.92 Å². The van der Waals surface area contributed by atoms with Crippen LogP contribution in [0.3, 0.4) is 0 Å². The molecule has 1 fully saturated rings. The average molecular weight is 192 g/mol. The van der Waals surface area contributed by atoms with E-state index in [0.29, 0.717) is 11.0 Å². The molecule has 1 saturated carbocycles. The van der Waals surface area contributed by atoms with Gasteiger partial charge in [-0.25, -0.2) is 0 Å². The monoisotopic (exact) mass is 192 g/mol. The zero-order chi connectivity index (χ0) is 9.10. The standard InChI is InChI=1S/C11H12OS/c12-11(10-6-7-10)13-8-9-4-2-1-3-5-9/h1-5,10H,6-8H2. The number of rotatable bonds is 3. The summed E-state index contributed by atoms with van der Waals surface area (Å²) in [6.07, 6.45) is 2.22. The van der Waals surface area contributed by atoms with Gasteiger partial charge < -0.3 is 0 Å². The second-order valence-electron chi connectivity index (χ2n) is 3.37. The molecule has 1 aliphatic carbocycles.